The van der Waals surface area contributed by atoms with Gasteiger partial charge >= 0.3 is 0 Å². The van der Waals surface area contributed by atoms with Gasteiger partial charge in [-0.1, -0.05) is 30.3 Å². The number of H-pyrrole nitrogens is 1. The molecule has 0 atom stereocenters. The highest BCUT2D eigenvalue weighted by Gasteiger charge is 2.18. The fraction of sp³-hybridized carbons (Fsp3) is 0.0526. The Morgan fingerprint density at radius 3 is 2.76 bits per heavy atom. The first-order valence-corrected chi connectivity index (χ1v) is 8.59. The van der Waals surface area contributed by atoms with Crippen molar-refractivity contribution in [2.24, 2.45) is 0 Å². The maximum absolute atomic E-state index is 12.6. The number of carbonyl (C=O) groups is 1. The molecule has 5 nitrogen and oxygen atoms in total. The molecule has 0 fully saturated rings. The van der Waals surface area contributed by atoms with Crippen molar-refractivity contribution in [3.05, 3.63) is 71.5 Å². The van der Waals surface area contributed by atoms with E-state index in [1.807, 2.05) is 48.5 Å². The number of benzene rings is 1. The summed E-state index contributed by atoms with van der Waals surface area (Å²) in [6.45, 7) is 2.05. The van der Waals surface area contributed by atoms with Gasteiger partial charge in [0, 0.05) is 16.5 Å². The van der Waals surface area contributed by atoms with E-state index >= 15 is 0 Å². The van der Waals surface area contributed by atoms with Crippen molar-refractivity contribution in [1.82, 2.24) is 10.2 Å². The Balaban J connectivity index is 1.56. The van der Waals surface area contributed by atoms with Crippen LogP contribution in [0, 0.1) is 6.92 Å². The molecular formula is C19H15N3O2S. The molecule has 1 amide bonds. The largest absolute Gasteiger partial charge is 0.459 e. The highest BCUT2D eigenvalue weighted by molar-refractivity contribution is 7.15. The Bertz CT molecular complexity index is 1010. The van der Waals surface area contributed by atoms with Gasteiger partial charge in [0.05, 0.1) is 16.8 Å². The van der Waals surface area contributed by atoms with Crippen LogP contribution in [-0.4, -0.2) is 16.1 Å². The van der Waals surface area contributed by atoms with E-state index in [0.29, 0.717) is 5.82 Å². The first-order valence-electron chi connectivity index (χ1n) is 7.77. The molecule has 0 aliphatic rings. The third-order valence-electron chi connectivity index (χ3n) is 3.78. The number of furan rings is 1. The summed E-state index contributed by atoms with van der Waals surface area (Å²) in [6, 6.07) is 17.3. The molecule has 0 unspecified atom stereocenters. The van der Waals surface area contributed by atoms with Crippen molar-refractivity contribution in [2.45, 2.75) is 6.92 Å². The lowest BCUT2D eigenvalue weighted by Gasteiger charge is -2.02. The summed E-state index contributed by atoms with van der Waals surface area (Å²) in [6.07, 6.45) is 1.52. The smallest absolute Gasteiger partial charge is 0.293 e. The van der Waals surface area contributed by atoms with Gasteiger partial charge < -0.3 is 9.73 Å². The molecule has 0 aliphatic carbocycles. The lowest BCUT2D eigenvalue weighted by atomic mass is 10.1. The van der Waals surface area contributed by atoms with Gasteiger partial charge in [-0.2, -0.15) is 5.10 Å². The average Bonchev–Trinajstić information content (AvgIpc) is 3.35. The van der Waals surface area contributed by atoms with Crippen LogP contribution in [0.15, 0.2) is 65.3 Å². The second kappa shape index (κ2) is 6.41. The normalized spacial score (nSPS) is 10.8. The Kier molecular flexibility index (Phi) is 3.95. The first-order chi connectivity index (χ1) is 12.2. The number of nitrogens with zero attached hydrogens (tertiary/aromatic N) is 1. The van der Waals surface area contributed by atoms with Crippen molar-refractivity contribution in [2.75, 3.05) is 5.32 Å². The van der Waals surface area contributed by atoms with Gasteiger partial charge in [0.25, 0.3) is 5.91 Å². The van der Waals surface area contributed by atoms with Crippen molar-refractivity contribution in [3.63, 3.8) is 0 Å². The highest BCUT2D eigenvalue weighted by Crippen LogP contribution is 2.28. The molecule has 6 heteroatoms. The second-order valence-electron chi connectivity index (χ2n) is 5.56. The molecule has 0 aliphatic heterocycles. The third-order valence-corrected chi connectivity index (χ3v) is 4.82. The van der Waals surface area contributed by atoms with Crippen molar-refractivity contribution in [1.29, 1.82) is 0 Å². The van der Waals surface area contributed by atoms with E-state index in [4.69, 9.17) is 4.42 Å². The fourth-order valence-electron chi connectivity index (χ4n) is 2.59. The van der Waals surface area contributed by atoms with Crippen LogP contribution in [0.4, 0.5) is 5.82 Å². The van der Waals surface area contributed by atoms with Crippen LogP contribution in [0.2, 0.25) is 0 Å². The lowest BCUT2D eigenvalue weighted by molar-refractivity contribution is 0.0997. The van der Waals surface area contributed by atoms with Crippen LogP contribution in [0.1, 0.15) is 15.4 Å². The van der Waals surface area contributed by atoms with Gasteiger partial charge in [0.15, 0.2) is 11.6 Å². The van der Waals surface area contributed by atoms with Crippen LogP contribution in [0.3, 0.4) is 0 Å². The van der Waals surface area contributed by atoms with Gasteiger partial charge in [0.1, 0.15) is 0 Å². The number of carbonyl (C=O) groups excluding carboxylic acids is 1. The predicted octanol–water partition coefficient (Wildman–Crippen LogP) is 4.96. The Labute approximate surface area is 148 Å². The van der Waals surface area contributed by atoms with Gasteiger partial charge in [-0.25, -0.2) is 0 Å². The van der Waals surface area contributed by atoms with Crippen LogP contribution >= 0.6 is 11.3 Å². The molecule has 0 saturated carbocycles. The van der Waals surface area contributed by atoms with Gasteiger partial charge in [0.2, 0.25) is 0 Å². The summed E-state index contributed by atoms with van der Waals surface area (Å²) < 4.78 is 5.40. The molecular weight excluding hydrogens is 334 g/mol. The third kappa shape index (κ3) is 3.12. The summed E-state index contributed by atoms with van der Waals surface area (Å²) in [5, 5.41) is 9.89. The van der Waals surface area contributed by atoms with E-state index in [1.165, 1.54) is 11.1 Å². The molecule has 3 heterocycles. The topological polar surface area (TPSA) is 70.9 Å². The molecule has 1 aromatic carbocycles. The molecule has 2 N–H and O–H groups in total. The minimum absolute atomic E-state index is 0.266. The van der Waals surface area contributed by atoms with Crippen LogP contribution < -0.4 is 5.32 Å². The number of aryl methyl sites for hydroxylation is 1. The summed E-state index contributed by atoms with van der Waals surface area (Å²) in [4.78, 5) is 14.9. The quantitative estimate of drug-likeness (QED) is 0.547. The van der Waals surface area contributed by atoms with Gasteiger partial charge in [-0.05, 0) is 30.7 Å². The van der Waals surface area contributed by atoms with Crippen LogP contribution in [-0.2, 0) is 0 Å². The van der Waals surface area contributed by atoms with E-state index < -0.39 is 0 Å². The SMILES string of the molecule is Cc1ccc(-c2cc(NC(=O)c3occc3-c3ccccc3)n[nH]2)s1. The van der Waals surface area contributed by atoms with E-state index in [1.54, 1.807) is 17.4 Å². The van der Waals surface area contributed by atoms with Crippen molar-refractivity contribution in [3.8, 4) is 21.7 Å². The number of hydrogen-bond acceptors (Lipinski definition) is 4. The molecule has 0 bridgehead atoms. The summed E-state index contributed by atoms with van der Waals surface area (Å²) in [5.41, 5.74) is 2.55. The summed E-state index contributed by atoms with van der Waals surface area (Å²) >= 11 is 1.67. The van der Waals surface area contributed by atoms with Crippen LogP contribution in [0.25, 0.3) is 21.7 Å². The summed E-state index contributed by atoms with van der Waals surface area (Å²) in [5.74, 6) is 0.397. The zero-order valence-corrected chi connectivity index (χ0v) is 14.3. The van der Waals surface area contributed by atoms with E-state index in [9.17, 15) is 4.79 Å². The monoisotopic (exact) mass is 349 g/mol. The zero-order valence-electron chi connectivity index (χ0n) is 13.4. The maximum atomic E-state index is 12.6. The standard InChI is InChI=1S/C19H15N3O2S/c1-12-7-8-16(25-12)15-11-17(22-21-15)20-19(23)18-14(9-10-24-18)13-5-3-2-4-6-13/h2-11H,1H3,(H2,20,21,22,23). The number of rotatable bonds is 4. The zero-order chi connectivity index (χ0) is 17.2. The number of aromatic nitrogens is 2. The molecule has 4 rings (SSSR count). The van der Waals surface area contributed by atoms with Gasteiger partial charge in [-0.15, -0.1) is 11.3 Å². The predicted molar refractivity (Wildman–Crippen MR) is 98.7 cm³/mol. The number of thiophene rings is 1. The minimum atomic E-state index is -0.329. The molecule has 124 valence electrons. The number of amides is 1. The first kappa shape index (κ1) is 15.4. The molecule has 0 spiro atoms. The molecule has 4 aromatic rings. The fourth-order valence-corrected chi connectivity index (χ4v) is 3.43. The van der Waals surface area contributed by atoms with Crippen molar-refractivity contribution < 1.29 is 9.21 Å². The molecule has 0 radical (unpaired) electrons. The Morgan fingerprint density at radius 1 is 1.16 bits per heavy atom. The van der Waals surface area contributed by atoms with E-state index in [-0.39, 0.29) is 11.7 Å². The lowest BCUT2D eigenvalue weighted by Crippen LogP contribution is -2.12. The highest BCUT2D eigenvalue weighted by atomic mass is 32.1. The van der Waals surface area contributed by atoms with Gasteiger partial charge in [-0.3, -0.25) is 9.89 Å². The van der Waals surface area contributed by atoms with E-state index in [0.717, 1.165) is 21.7 Å². The molecule has 3 aromatic heterocycles. The average molecular weight is 349 g/mol. The number of nitrogens with one attached hydrogen (secondary N) is 2. The Hall–Kier alpha value is -3.12. The van der Waals surface area contributed by atoms with E-state index in [2.05, 4.69) is 22.4 Å². The minimum Gasteiger partial charge on any atom is -0.459 e. The van der Waals surface area contributed by atoms with Crippen LogP contribution in [0.5, 0.6) is 0 Å². The molecule has 25 heavy (non-hydrogen) atoms. The number of hydrogen-bond donors (Lipinski definition) is 2. The molecule has 0 saturated heterocycles. The van der Waals surface area contributed by atoms with Crippen molar-refractivity contribution >= 4 is 23.1 Å². The Morgan fingerprint density at radius 2 is 2.00 bits per heavy atom. The maximum Gasteiger partial charge on any atom is 0.293 e. The second-order valence-corrected chi connectivity index (χ2v) is 6.85. The number of anilines is 1. The summed E-state index contributed by atoms with van der Waals surface area (Å²) in [7, 11) is 0. The number of aromatic amines is 1.